The van der Waals surface area contributed by atoms with Crippen LogP contribution in [-0.2, 0) is 4.79 Å². The molecule has 0 spiro atoms. The van der Waals surface area contributed by atoms with Gasteiger partial charge in [0.1, 0.15) is 22.9 Å². The number of hydrogen-bond donors (Lipinski definition) is 2. The van der Waals surface area contributed by atoms with E-state index < -0.39 is 0 Å². The minimum absolute atomic E-state index is 0.0760. The molecule has 0 saturated carbocycles. The number of aromatic nitrogens is 3. The van der Waals surface area contributed by atoms with Crippen LogP contribution in [0.25, 0.3) is 33.4 Å². The minimum atomic E-state index is -0.303. The molecule has 0 aliphatic heterocycles. The zero-order valence-electron chi connectivity index (χ0n) is 17.7. The highest BCUT2D eigenvalue weighted by Crippen LogP contribution is 2.35. The van der Waals surface area contributed by atoms with E-state index in [2.05, 4.69) is 15.6 Å². The smallest absolute Gasteiger partial charge is 0.221 e. The van der Waals surface area contributed by atoms with Crippen molar-refractivity contribution in [3.63, 3.8) is 0 Å². The average Bonchev–Trinajstić information content (AvgIpc) is 2.84. The van der Waals surface area contributed by atoms with Gasteiger partial charge in [-0.05, 0) is 47.5 Å². The predicted molar refractivity (Wildman–Crippen MR) is 122 cm³/mol. The maximum absolute atomic E-state index is 13.4. The lowest BCUT2D eigenvalue weighted by Gasteiger charge is -2.15. The molecule has 0 aliphatic rings. The van der Waals surface area contributed by atoms with Gasteiger partial charge in [-0.25, -0.2) is 14.4 Å². The summed E-state index contributed by atoms with van der Waals surface area (Å²) >= 11 is 0. The first-order valence-electron chi connectivity index (χ1n) is 10.1. The molecule has 0 atom stereocenters. The summed E-state index contributed by atoms with van der Waals surface area (Å²) in [5.74, 6) is 1.24. The van der Waals surface area contributed by atoms with Crippen molar-refractivity contribution < 1.29 is 13.9 Å². The van der Waals surface area contributed by atoms with Gasteiger partial charge in [0, 0.05) is 43.4 Å². The number of hydrogen-bond acceptors (Lipinski definition) is 6. The number of carbonyl (C=O) groups excluding carboxylic acids is 1. The van der Waals surface area contributed by atoms with E-state index in [4.69, 9.17) is 14.7 Å². The number of benzene rings is 2. The molecular weight excluding hydrogens is 409 g/mol. The molecule has 0 bridgehead atoms. The molecule has 162 valence electrons. The van der Waals surface area contributed by atoms with Crippen molar-refractivity contribution in [1.82, 2.24) is 20.3 Å². The Hall–Kier alpha value is -4.07. The number of nitrogens with one attached hydrogen (secondary N) is 2. The second-order valence-corrected chi connectivity index (χ2v) is 7.07. The Labute approximate surface area is 184 Å². The number of carbonyl (C=O) groups is 1. The van der Waals surface area contributed by atoms with E-state index in [9.17, 15) is 9.18 Å². The van der Waals surface area contributed by atoms with Crippen LogP contribution in [0.3, 0.4) is 0 Å². The minimum Gasteiger partial charge on any atom is -0.494 e. The van der Waals surface area contributed by atoms with Crippen LogP contribution in [0.4, 0.5) is 10.2 Å². The summed E-state index contributed by atoms with van der Waals surface area (Å²) in [6, 6.07) is 13.7. The molecule has 2 N–H and O–H groups in total. The van der Waals surface area contributed by atoms with E-state index >= 15 is 0 Å². The predicted octanol–water partition coefficient (Wildman–Crippen LogP) is 4.05. The van der Waals surface area contributed by atoms with Crippen molar-refractivity contribution in [1.29, 1.82) is 0 Å². The number of nitrogens with zero attached hydrogens (tertiary/aromatic N) is 3. The Morgan fingerprint density at radius 3 is 2.56 bits per heavy atom. The van der Waals surface area contributed by atoms with Crippen molar-refractivity contribution in [3.05, 3.63) is 66.7 Å². The Morgan fingerprint density at radius 2 is 1.88 bits per heavy atom. The summed E-state index contributed by atoms with van der Waals surface area (Å²) < 4.78 is 19.1. The highest BCUT2D eigenvalue weighted by Gasteiger charge is 2.16. The van der Waals surface area contributed by atoms with Gasteiger partial charge in [-0.15, -0.1) is 0 Å². The van der Waals surface area contributed by atoms with Crippen molar-refractivity contribution in [3.8, 4) is 28.3 Å². The van der Waals surface area contributed by atoms with Crippen LogP contribution in [0.2, 0.25) is 0 Å². The van der Waals surface area contributed by atoms with E-state index in [-0.39, 0.29) is 11.7 Å². The number of pyridine rings is 1. The normalized spacial score (nSPS) is 10.7. The number of ether oxygens (including phenoxy) is 1. The first-order chi connectivity index (χ1) is 15.6. The quantitative estimate of drug-likeness (QED) is 0.459. The van der Waals surface area contributed by atoms with Crippen LogP contribution in [0.5, 0.6) is 5.75 Å². The molecule has 0 saturated heterocycles. The average molecular weight is 431 g/mol. The number of halogens is 1. The van der Waals surface area contributed by atoms with Crippen molar-refractivity contribution in [2.75, 3.05) is 26.0 Å². The van der Waals surface area contributed by atoms with Gasteiger partial charge in [0.15, 0.2) is 5.82 Å². The van der Waals surface area contributed by atoms with Crippen LogP contribution in [0, 0.1) is 5.82 Å². The van der Waals surface area contributed by atoms with Gasteiger partial charge in [-0.1, -0.05) is 12.1 Å². The molecule has 32 heavy (non-hydrogen) atoms. The fourth-order valence-corrected chi connectivity index (χ4v) is 3.34. The van der Waals surface area contributed by atoms with Gasteiger partial charge in [0.05, 0.1) is 7.11 Å². The lowest BCUT2D eigenvalue weighted by atomic mass is 10.0. The molecule has 4 aromatic rings. The zero-order valence-corrected chi connectivity index (χ0v) is 17.7. The molecule has 0 fully saturated rings. The van der Waals surface area contributed by atoms with E-state index in [1.54, 1.807) is 38.7 Å². The van der Waals surface area contributed by atoms with Gasteiger partial charge in [0.2, 0.25) is 5.91 Å². The topological polar surface area (TPSA) is 89.0 Å². The monoisotopic (exact) mass is 431 g/mol. The first kappa shape index (κ1) is 21.2. The van der Waals surface area contributed by atoms with E-state index in [0.29, 0.717) is 35.9 Å². The summed E-state index contributed by atoms with van der Waals surface area (Å²) in [7, 11) is 3.18. The molecule has 2 aromatic carbocycles. The van der Waals surface area contributed by atoms with E-state index in [1.165, 1.54) is 12.1 Å². The Bertz CT molecular complexity index is 1250. The summed E-state index contributed by atoms with van der Waals surface area (Å²) in [6.07, 6.45) is 3.66. The highest BCUT2D eigenvalue weighted by molar-refractivity contribution is 5.98. The molecular formula is C24H22FN5O2. The SMILES string of the molecule is CNC(=O)CCNc1nc(-c2cccnc2)nc2c(OC)cc(-c3ccc(F)cc3)cc12. The van der Waals surface area contributed by atoms with Gasteiger partial charge in [-0.2, -0.15) is 0 Å². The van der Waals surface area contributed by atoms with Gasteiger partial charge in [0.25, 0.3) is 0 Å². The van der Waals surface area contributed by atoms with Crippen LogP contribution in [0.15, 0.2) is 60.9 Å². The fourth-order valence-electron chi connectivity index (χ4n) is 3.34. The van der Waals surface area contributed by atoms with Crippen LogP contribution >= 0.6 is 0 Å². The Morgan fingerprint density at radius 1 is 1.06 bits per heavy atom. The number of fused-ring (bicyclic) bond motifs is 1. The number of rotatable bonds is 7. The number of methoxy groups -OCH3 is 1. The Kier molecular flexibility index (Phi) is 6.21. The van der Waals surface area contributed by atoms with Crippen LogP contribution in [0.1, 0.15) is 6.42 Å². The highest BCUT2D eigenvalue weighted by atomic mass is 19.1. The van der Waals surface area contributed by atoms with Gasteiger partial charge >= 0.3 is 0 Å². The Balaban J connectivity index is 1.87. The zero-order chi connectivity index (χ0) is 22.5. The summed E-state index contributed by atoms with van der Waals surface area (Å²) in [4.78, 5) is 25.3. The lowest BCUT2D eigenvalue weighted by molar-refractivity contribution is -0.120. The lowest BCUT2D eigenvalue weighted by Crippen LogP contribution is -2.21. The van der Waals surface area contributed by atoms with Crippen LogP contribution in [-0.4, -0.2) is 41.6 Å². The molecule has 0 unspecified atom stereocenters. The molecule has 2 heterocycles. The van der Waals surface area contributed by atoms with Crippen molar-refractivity contribution in [2.45, 2.75) is 6.42 Å². The third-order valence-corrected chi connectivity index (χ3v) is 5.01. The second-order valence-electron chi connectivity index (χ2n) is 7.07. The molecule has 0 aliphatic carbocycles. The summed E-state index contributed by atoms with van der Waals surface area (Å²) in [5.41, 5.74) is 3.05. The summed E-state index contributed by atoms with van der Waals surface area (Å²) in [5, 5.41) is 6.59. The van der Waals surface area contributed by atoms with Crippen molar-refractivity contribution in [2.24, 2.45) is 0 Å². The maximum atomic E-state index is 13.4. The number of amides is 1. The van der Waals surface area contributed by atoms with Crippen molar-refractivity contribution >= 4 is 22.6 Å². The standard InChI is InChI=1S/C24H22FN5O2/c1-26-21(31)9-11-28-24-19-12-17(15-5-7-18(25)8-6-15)13-20(32-2)22(19)29-23(30-24)16-4-3-10-27-14-16/h3-8,10,12-14H,9,11H2,1-2H3,(H,26,31)(H,28,29,30). The summed E-state index contributed by atoms with van der Waals surface area (Å²) in [6.45, 7) is 0.390. The molecule has 7 nitrogen and oxygen atoms in total. The van der Waals surface area contributed by atoms with Gasteiger partial charge in [-0.3, -0.25) is 9.78 Å². The molecule has 2 aromatic heterocycles. The maximum Gasteiger partial charge on any atom is 0.221 e. The molecule has 8 heteroatoms. The number of anilines is 1. The van der Waals surface area contributed by atoms with Gasteiger partial charge < -0.3 is 15.4 Å². The molecule has 1 amide bonds. The largest absolute Gasteiger partial charge is 0.494 e. The molecule has 0 radical (unpaired) electrons. The first-order valence-corrected chi connectivity index (χ1v) is 10.1. The second kappa shape index (κ2) is 9.38. The van der Waals surface area contributed by atoms with E-state index in [1.807, 2.05) is 24.3 Å². The van der Waals surface area contributed by atoms with Crippen LogP contribution < -0.4 is 15.4 Å². The fraction of sp³-hybridized carbons (Fsp3) is 0.167. The molecule has 4 rings (SSSR count). The third kappa shape index (κ3) is 4.49. The third-order valence-electron chi connectivity index (χ3n) is 5.01. The van der Waals surface area contributed by atoms with E-state index in [0.717, 1.165) is 22.1 Å².